The Kier molecular flexibility index (Phi) is 4.45. The van der Waals surface area contributed by atoms with Crippen LogP contribution in [-0.2, 0) is 22.6 Å². The molecule has 1 fully saturated rings. The maximum absolute atomic E-state index is 12.8. The van der Waals surface area contributed by atoms with E-state index >= 15 is 0 Å². The molecule has 1 amide bonds. The molecule has 1 aromatic rings. The molecule has 2 atom stereocenters. The van der Waals surface area contributed by atoms with Gasteiger partial charge in [-0.1, -0.05) is 0 Å². The first-order valence-corrected chi connectivity index (χ1v) is 8.82. The highest BCUT2D eigenvalue weighted by molar-refractivity contribution is 7.89. The van der Waals surface area contributed by atoms with Crippen molar-refractivity contribution in [2.75, 3.05) is 38.6 Å². The van der Waals surface area contributed by atoms with E-state index in [1.807, 2.05) is 22.5 Å². The van der Waals surface area contributed by atoms with E-state index in [2.05, 4.69) is 19.0 Å². The Labute approximate surface area is 135 Å². The fourth-order valence-electron chi connectivity index (χ4n) is 3.25. The van der Waals surface area contributed by atoms with Crippen molar-refractivity contribution in [2.45, 2.75) is 30.7 Å². The summed E-state index contributed by atoms with van der Waals surface area (Å²) in [6.07, 6.45) is 1.90. The van der Waals surface area contributed by atoms with Gasteiger partial charge in [0, 0.05) is 37.8 Å². The van der Waals surface area contributed by atoms with Gasteiger partial charge in [-0.05, 0) is 44.6 Å². The smallest absolute Gasteiger partial charge is 0.223 e. The number of hydrogen-bond acceptors (Lipinski definition) is 4. The van der Waals surface area contributed by atoms with Gasteiger partial charge in [-0.25, -0.2) is 0 Å². The summed E-state index contributed by atoms with van der Waals surface area (Å²) in [6, 6.07) is 6.33. The van der Waals surface area contributed by atoms with Crippen LogP contribution < -0.4 is 4.90 Å². The van der Waals surface area contributed by atoms with Gasteiger partial charge in [0.1, 0.15) is 0 Å². The third kappa shape index (κ3) is 2.88. The minimum Gasteiger partial charge on any atom is -0.593 e. The number of fused-ring (bicyclic) bond motifs is 1. The van der Waals surface area contributed by atoms with Gasteiger partial charge >= 0.3 is 0 Å². The summed E-state index contributed by atoms with van der Waals surface area (Å²) < 4.78 is 14.8. The molecule has 0 N–H and O–H groups in total. The van der Waals surface area contributed by atoms with E-state index in [1.165, 1.54) is 0 Å². The molecular formula is C16H23N3O2S. The molecular weight excluding hydrogens is 298 g/mol. The Morgan fingerprint density at radius 3 is 2.77 bits per heavy atom. The standard InChI is InChI=1S/C16H23N3O2S/c1-12(20)19-9-6-13-10-15(4-5-16(13)19)22(21)18-8-7-14(11-18)17(2)3/h4-5,10,14H,6-9,11H2,1-3H3. The number of carbonyl (C=O) groups is 1. The van der Waals surface area contributed by atoms with Crippen LogP contribution in [0.5, 0.6) is 0 Å². The lowest BCUT2D eigenvalue weighted by atomic mass is 10.2. The largest absolute Gasteiger partial charge is 0.593 e. The lowest BCUT2D eigenvalue weighted by Gasteiger charge is -2.22. The predicted octanol–water partition coefficient (Wildman–Crippen LogP) is 1.25. The fourth-order valence-corrected chi connectivity index (χ4v) is 4.55. The average Bonchev–Trinajstić information content (AvgIpc) is 3.12. The van der Waals surface area contributed by atoms with Crippen LogP contribution in [0.3, 0.4) is 0 Å². The first-order valence-electron chi connectivity index (χ1n) is 7.71. The zero-order chi connectivity index (χ0) is 15.9. The van der Waals surface area contributed by atoms with Crippen molar-refractivity contribution >= 4 is 23.0 Å². The molecule has 2 heterocycles. The maximum Gasteiger partial charge on any atom is 0.223 e. The number of hydrogen-bond donors (Lipinski definition) is 0. The van der Waals surface area contributed by atoms with E-state index in [1.54, 1.807) is 11.8 Å². The molecule has 0 spiro atoms. The number of anilines is 1. The molecule has 0 aromatic heterocycles. The Bertz CT molecular complexity index is 579. The number of amides is 1. The fraction of sp³-hybridized carbons (Fsp3) is 0.562. The van der Waals surface area contributed by atoms with Gasteiger partial charge in [0.25, 0.3) is 0 Å². The molecule has 0 radical (unpaired) electrons. The molecule has 6 heteroatoms. The Hall–Kier alpha value is -1.08. The summed E-state index contributed by atoms with van der Waals surface area (Å²) in [7, 11) is 4.14. The van der Waals surface area contributed by atoms with Crippen LogP contribution in [0.15, 0.2) is 23.1 Å². The highest BCUT2D eigenvalue weighted by Crippen LogP contribution is 2.32. The molecule has 120 valence electrons. The number of carbonyl (C=O) groups excluding carboxylic acids is 1. The lowest BCUT2D eigenvalue weighted by molar-refractivity contribution is -0.116. The summed E-state index contributed by atoms with van der Waals surface area (Å²) in [6.45, 7) is 4.03. The zero-order valence-electron chi connectivity index (χ0n) is 13.4. The van der Waals surface area contributed by atoms with Gasteiger partial charge in [0.05, 0.1) is 17.9 Å². The summed E-state index contributed by atoms with van der Waals surface area (Å²) in [4.78, 5) is 16.4. The second-order valence-electron chi connectivity index (χ2n) is 6.25. The van der Waals surface area contributed by atoms with Crippen molar-refractivity contribution in [3.8, 4) is 0 Å². The third-order valence-corrected chi connectivity index (χ3v) is 6.08. The van der Waals surface area contributed by atoms with Gasteiger partial charge in [-0.2, -0.15) is 0 Å². The first-order chi connectivity index (χ1) is 10.5. The number of nitrogens with zero attached hydrogens (tertiary/aromatic N) is 3. The van der Waals surface area contributed by atoms with Crippen LogP contribution in [0, 0.1) is 0 Å². The second-order valence-corrected chi connectivity index (χ2v) is 7.74. The van der Waals surface area contributed by atoms with Gasteiger partial charge in [-0.3, -0.25) is 4.79 Å². The minimum absolute atomic E-state index is 0.0704. The number of benzene rings is 1. The van der Waals surface area contributed by atoms with E-state index in [-0.39, 0.29) is 5.91 Å². The molecule has 0 saturated carbocycles. The van der Waals surface area contributed by atoms with Crippen LogP contribution >= 0.6 is 0 Å². The highest BCUT2D eigenvalue weighted by Gasteiger charge is 2.34. The summed E-state index contributed by atoms with van der Waals surface area (Å²) in [5.74, 6) is 0.0704. The van der Waals surface area contributed by atoms with E-state index < -0.39 is 11.4 Å². The third-order valence-electron chi connectivity index (χ3n) is 4.62. The van der Waals surface area contributed by atoms with Crippen molar-refractivity contribution in [2.24, 2.45) is 0 Å². The van der Waals surface area contributed by atoms with Gasteiger partial charge < -0.3 is 14.4 Å². The van der Waals surface area contributed by atoms with E-state index in [0.717, 1.165) is 48.6 Å². The number of likely N-dealkylation sites (N-methyl/N-ethyl adjacent to an activating group) is 1. The highest BCUT2D eigenvalue weighted by atomic mass is 32.2. The van der Waals surface area contributed by atoms with Gasteiger partial charge in [-0.15, -0.1) is 4.31 Å². The van der Waals surface area contributed by atoms with Crippen LogP contribution in [0.4, 0.5) is 5.69 Å². The molecule has 2 unspecified atom stereocenters. The van der Waals surface area contributed by atoms with E-state index in [9.17, 15) is 9.35 Å². The Morgan fingerprint density at radius 2 is 2.14 bits per heavy atom. The maximum atomic E-state index is 12.8. The number of rotatable bonds is 3. The van der Waals surface area contributed by atoms with Gasteiger partial charge in [0.2, 0.25) is 5.91 Å². The molecule has 5 nitrogen and oxygen atoms in total. The molecule has 1 saturated heterocycles. The molecule has 2 aliphatic rings. The van der Waals surface area contributed by atoms with Crippen LogP contribution in [0.25, 0.3) is 0 Å². The first kappa shape index (κ1) is 15.8. The monoisotopic (exact) mass is 321 g/mol. The normalized spacial score (nSPS) is 23.1. The molecule has 0 bridgehead atoms. The van der Waals surface area contributed by atoms with Gasteiger partial charge in [0.15, 0.2) is 4.90 Å². The molecule has 0 aliphatic carbocycles. The second kappa shape index (κ2) is 6.20. The van der Waals surface area contributed by atoms with E-state index in [4.69, 9.17) is 0 Å². The Morgan fingerprint density at radius 1 is 1.36 bits per heavy atom. The molecule has 3 rings (SSSR count). The van der Waals surface area contributed by atoms with Crippen molar-refractivity contribution in [3.63, 3.8) is 0 Å². The summed E-state index contributed by atoms with van der Waals surface area (Å²) in [5.41, 5.74) is 2.10. The predicted molar refractivity (Wildman–Crippen MR) is 88.2 cm³/mol. The lowest BCUT2D eigenvalue weighted by Crippen LogP contribution is -2.34. The zero-order valence-corrected chi connectivity index (χ0v) is 14.2. The van der Waals surface area contributed by atoms with Crippen molar-refractivity contribution in [3.05, 3.63) is 23.8 Å². The van der Waals surface area contributed by atoms with Crippen molar-refractivity contribution in [1.29, 1.82) is 0 Å². The SMILES string of the molecule is CC(=O)N1CCc2cc([S+]([O-])N3CCC(N(C)C)C3)ccc21. The topological polar surface area (TPSA) is 49.9 Å². The quantitative estimate of drug-likeness (QED) is 0.787. The van der Waals surface area contributed by atoms with Crippen LogP contribution in [-0.4, -0.2) is 59.4 Å². The van der Waals surface area contributed by atoms with E-state index in [0.29, 0.717) is 6.04 Å². The Balaban J connectivity index is 1.75. The van der Waals surface area contributed by atoms with Crippen LogP contribution in [0.1, 0.15) is 18.9 Å². The summed E-state index contributed by atoms with van der Waals surface area (Å²) >= 11 is -1.11. The molecule has 2 aliphatic heterocycles. The van der Waals surface area contributed by atoms with Crippen molar-refractivity contribution in [1.82, 2.24) is 9.21 Å². The van der Waals surface area contributed by atoms with Crippen LogP contribution in [0.2, 0.25) is 0 Å². The summed E-state index contributed by atoms with van der Waals surface area (Å²) in [5, 5.41) is 0. The minimum atomic E-state index is -1.11. The molecule has 22 heavy (non-hydrogen) atoms. The van der Waals surface area contributed by atoms with Crippen molar-refractivity contribution < 1.29 is 9.35 Å². The molecule has 1 aromatic carbocycles. The average molecular weight is 321 g/mol.